The van der Waals surface area contributed by atoms with E-state index < -0.39 is 0 Å². The molecule has 0 aliphatic rings. The second kappa shape index (κ2) is 4.53. The lowest BCUT2D eigenvalue weighted by Gasteiger charge is -2.12. The lowest BCUT2D eigenvalue weighted by molar-refractivity contribution is 0.112. The molecule has 0 spiro atoms. The third-order valence-electron chi connectivity index (χ3n) is 2.77. The average Bonchev–Trinajstić information content (AvgIpc) is 2.77. The predicted molar refractivity (Wildman–Crippen MR) is 68.2 cm³/mol. The Morgan fingerprint density at radius 3 is 2.71 bits per heavy atom. The number of hydrogen-bond donors (Lipinski definition) is 0. The van der Waals surface area contributed by atoms with Crippen LogP contribution >= 0.6 is 0 Å². The van der Waals surface area contributed by atoms with E-state index in [1.54, 1.807) is 6.20 Å². The molecule has 3 nitrogen and oxygen atoms in total. The number of hydrogen-bond acceptors (Lipinski definition) is 2. The molecule has 0 radical (unpaired) electrons. The summed E-state index contributed by atoms with van der Waals surface area (Å²) < 4.78 is 1.93. The first-order valence-corrected chi connectivity index (χ1v) is 5.73. The molecule has 1 aromatic heterocycles. The zero-order valence-electron chi connectivity index (χ0n) is 10.3. The lowest BCUT2D eigenvalue weighted by atomic mass is 10.0. The van der Waals surface area contributed by atoms with E-state index in [4.69, 9.17) is 0 Å². The molecule has 0 bridgehead atoms. The second-order valence-corrected chi connectivity index (χ2v) is 4.46. The van der Waals surface area contributed by atoms with Crippen LogP contribution in [-0.4, -0.2) is 16.1 Å². The average molecular weight is 228 g/mol. The first-order valence-electron chi connectivity index (χ1n) is 5.73. The summed E-state index contributed by atoms with van der Waals surface area (Å²) in [5.41, 5.74) is 3.73. The largest absolute Gasteiger partial charge is 0.298 e. The van der Waals surface area contributed by atoms with Gasteiger partial charge in [-0.1, -0.05) is 17.7 Å². The number of aryl methyl sites for hydroxylation is 1. The van der Waals surface area contributed by atoms with Crippen molar-refractivity contribution in [2.75, 3.05) is 0 Å². The highest BCUT2D eigenvalue weighted by atomic mass is 16.1. The monoisotopic (exact) mass is 228 g/mol. The Kier molecular flexibility index (Phi) is 3.09. The highest BCUT2D eigenvalue weighted by Gasteiger charge is 2.11. The van der Waals surface area contributed by atoms with Crippen LogP contribution < -0.4 is 0 Å². The SMILES string of the molecule is Cc1ccc(-c2ccnn2C(C)C)c(C=O)c1. The van der Waals surface area contributed by atoms with Gasteiger partial charge in [-0.3, -0.25) is 9.48 Å². The smallest absolute Gasteiger partial charge is 0.150 e. The van der Waals surface area contributed by atoms with E-state index in [1.165, 1.54) is 0 Å². The highest BCUT2D eigenvalue weighted by Crippen LogP contribution is 2.25. The van der Waals surface area contributed by atoms with Crippen molar-refractivity contribution in [1.29, 1.82) is 0 Å². The molecule has 0 saturated heterocycles. The molecule has 1 heterocycles. The molecule has 0 N–H and O–H groups in total. The maximum Gasteiger partial charge on any atom is 0.150 e. The highest BCUT2D eigenvalue weighted by molar-refractivity contribution is 5.87. The zero-order valence-corrected chi connectivity index (χ0v) is 10.3. The van der Waals surface area contributed by atoms with Crippen LogP contribution in [-0.2, 0) is 0 Å². The minimum atomic E-state index is 0.279. The van der Waals surface area contributed by atoms with Crippen LogP contribution in [0.15, 0.2) is 30.5 Å². The van der Waals surface area contributed by atoms with Crippen LogP contribution in [0.1, 0.15) is 35.8 Å². The molecule has 2 rings (SSSR count). The molecule has 0 fully saturated rings. The van der Waals surface area contributed by atoms with E-state index in [0.717, 1.165) is 23.1 Å². The first kappa shape index (κ1) is 11.6. The Labute approximate surface area is 101 Å². The normalized spacial score (nSPS) is 10.8. The van der Waals surface area contributed by atoms with Gasteiger partial charge in [0, 0.05) is 23.4 Å². The second-order valence-electron chi connectivity index (χ2n) is 4.46. The molecular weight excluding hydrogens is 212 g/mol. The fourth-order valence-corrected chi connectivity index (χ4v) is 1.95. The topological polar surface area (TPSA) is 34.9 Å². The third-order valence-corrected chi connectivity index (χ3v) is 2.77. The van der Waals surface area contributed by atoms with Gasteiger partial charge >= 0.3 is 0 Å². The van der Waals surface area contributed by atoms with E-state index in [-0.39, 0.29) is 6.04 Å². The van der Waals surface area contributed by atoms with Crippen LogP contribution in [0.4, 0.5) is 0 Å². The van der Waals surface area contributed by atoms with E-state index in [1.807, 2.05) is 35.9 Å². The number of carbonyl (C=O) groups is 1. The maximum absolute atomic E-state index is 11.1. The summed E-state index contributed by atoms with van der Waals surface area (Å²) in [6.45, 7) is 6.13. The van der Waals surface area contributed by atoms with Gasteiger partial charge in [0.15, 0.2) is 6.29 Å². The molecule has 0 atom stereocenters. The molecule has 2 aromatic rings. The fourth-order valence-electron chi connectivity index (χ4n) is 1.95. The molecule has 0 amide bonds. The van der Waals surface area contributed by atoms with E-state index in [9.17, 15) is 4.79 Å². The van der Waals surface area contributed by atoms with Crippen LogP contribution in [0.2, 0.25) is 0 Å². The summed E-state index contributed by atoms with van der Waals surface area (Å²) in [5, 5.41) is 4.29. The van der Waals surface area contributed by atoms with Gasteiger partial charge in [0.2, 0.25) is 0 Å². The number of nitrogens with zero attached hydrogens (tertiary/aromatic N) is 2. The molecule has 0 aliphatic heterocycles. The summed E-state index contributed by atoms with van der Waals surface area (Å²) in [6, 6.07) is 8.12. The summed E-state index contributed by atoms with van der Waals surface area (Å²) in [6.07, 6.45) is 2.67. The Morgan fingerprint density at radius 2 is 2.06 bits per heavy atom. The third kappa shape index (κ3) is 2.13. The summed E-state index contributed by atoms with van der Waals surface area (Å²) in [4.78, 5) is 11.1. The minimum Gasteiger partial charge on any atom is -0.298 e. The molecule has 88 valence electrons. The van der Waals surface area contributed by atoms with Crippen molar-refractivity contribution in [2.24, 2.45) is 0 Å². The van der Waals surface area contributed by atoms with Gasteiger partial charge in [0.05, 0.1) is 5.69 Å². The summed E-state index contributed by atoms with van der Waals surface area (Å²) >= 11 is 0. The van der Waals surface area contributed by atoms with Gasteiger partial charge in [-0.05, 0) is 32.9 Å². The quantitative estimate of drug-likeness (QED) is 0.756. The molecule has 3 heteroatoms. The van der Waals surface area contributed by atoms with Crippen molar-refractivity contribution in [1.82, 2.24) is 9.78 Å². The van der Waals surface area contributed by atoms with Gasteiger partial charge in [-0.2, -0.15) is 5.10 Å². The number of benzene rings is 1. The van der Waals surface area contributed by atoms with Gasteiger partial charge in [-0.15, -0.1) is 0 Å². The molecule has 17 heavy (non-hydrogen) atoms. The van der Waals surface area contributed by atoms with E-state index in [0.29, 0.717) is 5.56 Å². The standard InChI is InChI=1S/C14H16N2O/c1-10(2)16-14(6-7-15-16)13-5-4-11(3)8-12(13)9-17/h4-10H,1-3H3. The first-order chi connectivity index (χ1) is 8.13. The number of rotatable bonds is 3. The van der Waals surface area contributed by atoms with Gasteiger partial charge in [-0.25, -0.2) is 0 Å². The van der Waals surface area contributed by atoms with Crippen molar-refractivity contribution in [2.45, 2.75) is 26.8 Å². The van der Waals surface area contributed by atoms with E-state index >= 15 is 0 Å². The Morgan fingerprint density at radius 1 is 1.29 bits per heavy atom. The maximum atomic E-state index is 11.1. The number of carbonyl (C=O) groups excluding carboxylic acids is 1. The van der Waals surface area contributed by atoms with Gasteiger partial charge in [0.1, 0.15) is 0 Å². The fraction of sp³-hybridized carbons (Fsp3) is 0.286. The van der Waals surface area contributed by atoms with Gasteiger partial charge < -0.3 is 0 Å². The van der Waals surface area contributed by atoms with Crippen molar-refractivity contribution in [3.63, 3.8) is 0 Å². The predicted octanol–water partition coefficient (Wildman–Crippen LogP) is 3.25. The minimum absolute atomic E-state index is 0.279. The van der Waals surface area contributed by atoms with Crippen LogP contribution in [0.25, 0.3) is 11.3 Å². The number of aldehydes is 1. The Balaban J connectivity index is 2.60. The van der Waals surface area contributed by atoms with Crippen LogP contribution in [0, 0.1) is 6.92 Å². The van der Waals surface area contributed by atoms with Crippen molar-refractivity contribution in [3.05, 3.63) is 41.6 Å². The van der Waals surface area contributed by atoms with Crippen LogP contribution in [0.3, 0.4) is 0 Å². The van der Waals surface area contributed by atoms with E-state index in [2.05, 4.69) is 18.9 Å². The molecule has 0 aliphatic carbocycles. The summed E-state index contributed by atoms with van der Waals surface area (Å²) in [7, 11) is 0. The Hall–Kier alpha value is -1.90. The molecule has 1 aromatic carbocycles. The molecule has 0 saturated carbocycles. The molecular formula is C14H16N2O. The number of aromatic nitrogens is 2. The van der Waals surface area contributed by atoms with Crippen molar-refractivity contribution in [3.8, 4) is 11.3 Å². The van der Waals surface area contributed by atoms with Gasteiger partial charge in [0.25, 0.3) is 0 Å². The van der Waals surface area contributed by atoms with Crippen molar-refractivity contribution < 1.29 is 4.79 Å². The molecule has 0 unspecified atom stereocenters. The zero-order chi connectivity index (χ0) is 12.4. The summed E-state index contributed by atoms with van der Waals surface area (Å²) in [5.74, 6) is 0. The van der Waals surface area contributed by atoms with Crippen molar-refractivity contribution >= 4 is 6.29 Å². The lowest BCUT2D eigenvalue weighted by Crippen LogP contribution is -2.05. The Bertz CT molecular complexity index is 541. The van der Waals surface area contributed by atoms with Crippen LogP contribution in [0.5, 0.6) is 0 Å².